The molecule has 2 aromatic rings. The molecule has 1 aliphatic heterocycles. The van der Waals surface area contributed by atoms with E-state index in [-0.39, 0.29) is 0 Å². The zero-order chi connectivity index (χ0) is 14.8. The Hall–Kier alpha value is -1.56. The topological polar surface area (TPSA) is 54.7 Å². The molecule has 0 spiro atoms. The molecule has 0 bridgehead atoms. The van der Waals surface area contributed by atoms with Gasteiger partial charge in [0, 0.05) is 36.6 Å². The summed E-state index contributed by atoms with van der Waals surface area (Å²) in [5, 5.41) is 10.9. The van der Waals surface area contributed by atoms with Crippen LogP contribution in [0.1, 0.15) is 10.5 Å². The Morgan fingerprint density at radius 2 is 2.00 bits per heavy atom. The minimum Gasteiger partial charge on any atom is -0.477 e. The van der Waals surface area contributed by atoms with Gasteiger partial charge in [0.05, 0.1) is 18.7 Å². The molecule has 1 fully saturated rings. The van der Waals surface area contributed by atoms with Crippen molar-refractivity contribution in [2.75, 3.05) is 32.8 Å². The van der Waals surface area contributed by atoms with E-state index in [1.165, 1.54) is 0 Å². The minimum absolute atomic E-state index is 0.306. The molecular weight excluding hydrogens is 292 g/mol. The number of carboxylic acids is 1. The molecule has 3 rings (SSSR count). The van der Waals surface area contributed by atoms with Crippen LogP contribution in [-0.4, -0.2) is 53.4 Å². The van der Waals surface area contributed by atoms with Gasteiger partial charge < -0.3 is 14.4 Å². The summed E-state index contributed by atoms with van der Waals surface area (Å²) in [5.41, 5.74) is 1.17. The SMILES string of the molecule is O=C(O)c1cc2ccc(Cl)cc2n1CCN1CCOCC1. The Kier molecular flexibility index (Phi) is 4.14. The Morgan fingerprint density at radius 1 is 1.24 bits per heavy atom. The lowest BCUT2D eigenvalue weighted by atomic mass is 10.2. The summed E-state index contributed by atoms with van der Waals surface area (Å²) in [6.07, 6.45) is 0. The van der Waals surface area contributed by atoms with Crippen molar-refractivity contribution in [3.8, 4) is 0 Å². The van der Waals surface area contributed by atoms with Crippen LogP contribution in [0.2, 0.25) is 5.02 Å². The van der Waals surface area contributed by atoms with Gasteiger partial charge in [-0.1, -0.05) is 17.7 Å². The zero-order valence-electron chi connectivity index (χ0n) is 11.6. The molecule has 0 unspecified atom stereocenters. The van der Waals surface area contributed by atoms with Crippen molar-refractivity contribution >= 4 is 28.5 Å². The van der Waals surface area contributed by atoms with Gasteiger partial charge in [0.15, 0.2) is 0 Å². The molecule has 1 aliphatic rings. The molecule has 6 heteroatoms. The lowest BCUT2D eigenvalue weighted by Gasteiger charge is -2.27. The fraction of sp³-hybridized carbons (Fsp3) is 0.400. The maximum atomic E-state index is 11.4. The van der Waals surface area contributed by atoms with Gasteiger partial charge in [-0.15, -0.1) is 0 Å². The van der Waals surface area contributed by atoms with Gasteiger partial charge in [-0.05, 0) is 18.2 Å². The number of fused-ring (bicyclic) bond motifs is 1. The number of benzene rings is 1. The number of morpholine rings is 1. The number of hydrogen-bond donors (Lipinski definition) is 1. The average molecular weight is 309 g/mol. The van der Waals surface area contributed by atoms with E-state index in [1.807, 2.05) is 16.7 Å². The highest BCUT2D eigenvalue weighted by Gasteiger charge is 2.16. The summed E-state index contributed by atoms with van der Waals surface area (Å²) in [6.45, 7) is 4.70. The highest BCUT2D eigenvalue weighted by Crippen LogP contribution is 2.24. The Labute approximate surface area is 127 Å². The minimum atomic E-state index is -0.913. The summed E-state index contributed by atoms with van der Waals surface area (Å²) in [7, 11) is 0. The van der Waals surface area contributed by atoms with Gasteiger partial charge in [0.1, 0.15) is 5.69 Å². The number of hydrogen-bond acceptors (Lipinski definition) is 3. The highest BCUT2D eigenvalue weighted by molar-refractivity contribution is 6.31. The van der Waals surface area contributed by atoms with Crippen LogP contribution in [0.3, 0.4) is 0 Å². The molecule has 1 N–H and O–H groups in total. The summed E-state index contributed by atoms with van der Waals surface area (Å²) < 4.78 is 7.16. The van der Waals surface area contributed by atoms with E-state index in [2.05, 4.69) is 4.90 Å². The maximum Gasteiger partial charge on any atom is 0.352 e. The van der Waals surface area contributed by atoms with Crippen LogP contribution in [0.4, 0.5) is 0 Å². The van der Waals surface area contributed by atoms with Crippen molar-refractivity contribution in [3.63, 3.8) is 0 Å². The van der Waals surface area contributed by atoms with Crippen molar-refractivity contribution < 1.29 is 14.6 Å². The largest absolute Gasteiger partial charge is 0.477 e. The fourth-order valence-corrected chi connectivity index (χ4v) is 2.88. The summed E-state index contributed by atoms with van der Waals surface area (Å²) in [4.78, 5) is 13.7. The first-order valence-corrected chi connectivity index (χ1v) is 7.35. The van der Waals surface area contributed by atoms with Crippen LogP contribution in [0.5, 0.6) is 0 Å². The van der Waals surface area contributed by atoms with Crippen LogP contribution in [0.15, 0.2) is 24.3 Å². The monoisotopic (exact) mass is 308 g/mol. The van der Waals surface area contributed by atoms with Crippen molar-refractivity contribution in [2.45, 2.75) is 6.54 Å². The fourth-order valence-electron chi connectivity index (χ4n) is 2.71. The molecule has 112 valence electrons. The molecule has 2 heterocycles. The van der Waals surface area contributed by atoms with Gasteiger partial charge in [-0.3, -0.25) is 4.90 Å². The second kappa shape index (κ2) is 6.05. The number of halogens is 1. The molecule has 0 atom stereocenters. The summed E-state index contributed by atoms with van der Waals surface area (Å²) in [6, 6.07) is 7.16. The van der Waals surface area contributed by atoms with Gasteiger partial charge in [0.25, 0.3) is 0 Å². The van der Waals surface area contributed by atoms with Gasteiger partial charge >= 0.3 is 5.97 Å². The Morgan fingerprint density at radius 3 is 2.71 bits per heavy atom. The van der Waals surface area contributed by atoms with E-state index >= 15 is 0 Å². The number of aromatic nitrogens is 1. The van der Waals surface area contributed by atoms with Gasteiger partial charge in [-0.2, -0.15) is 0 Å². The molecule has 0 amide bonds. The molecule has 0 aliphatic carbocycles. The number of rotatable bonds is 4. The van der Waals surface area contributed by atoms with E-state index in [9.17, 15) is 9.90 Å². The molecule has 5 nitrogen and oxygen atoms in total. The van der Waals surface area contributed by atoms with E-state index in [0.29, 0.717) is 17.3 Å². The Balaban J connectivity index is 1.89. The first-order valence-electron chi connectivity index (χ1n) is 6.97. The second-order valence-electron chi connectivity index (χ2n) is 5.14. The first-order chi connectivity index (χ1) is 10.1. The molecule has 0 saturated carbocycles. The molecule has 21 heavy (non-hydrogen) atoms. The summed E-state index contributed by atoms with van der Waals surface area (Å²) in [5.74, 6) is -0.913. The molecule has 0 radical (unpaired) electrons. The van der Waals surface area contributed by atoms with E-state index in [1.54, 1.807) is 12.1 Å². The predicted octanol–water partition coefficient (Wildman–Crippen LogP) is 2.33. The molecule has 1 saturated heterocycles. The Bertz CT molecular complexity index is 662. The van der Waals surface area contributed by atoms with Gasteiger partial charge in [-0.25, -0.2) is 4.79 Å². The predicted molar refractivity (Wildman–Crippen MR) is 81.2 cm³/mol. The number of nitrogens with zero attached hydrogens (tertiary/aromatic N) is 2. The summed E-state index contributed by atoms with van der Waals surface area (Å²) >= 11 is 6.04. The quantitative estimate of drug-likeness (QED) is 0.942. The second-order valence-corrected chi connectivity index (χ2v) is 5.58. The standard InChI is InChI=1S/C15H17ClN2O3/c16-12-2-1-11-9-14(15(19)20)18(13(11)10-12)4-3-17-5-7-21-8-6-17/h1-2,9-10H,3-8H2,(H,19,20). The number of aromatic carboxylic acids is 1. The first kappa shape index (κ1) is 14.4. The third-order valence-corrected chi connectivity index (χ3v) is 4.06. The smallest absolute Gasteiger partial charge is 0.352 e. The molecular formula is C15H17ClN2O3. The number of ether oxygens (including phenoxy) is 1. The lowest BCUT2D eigenvalue weighted by molar-refractivity contribution is 0.0362. The normalized spacial score (nSPS) is 16.4. The lowest BCUT2D eigenvalue weighted by Crippen LogP contribution is -2.38. The van der Waals surface area contributed by atoms with E-state index in [4.69, 9.17) is 16.3 Å². The molecule has 1 aromatic carbocycles. The van der Waals surface area contributed by atoms with Gasteiger partial charge in [0.2, 0.25) is 0 Å². The van der Waals surface area contributed by atoms with Crippen molar-refractivity contribution in [1.29, 1.82) is 0 Å². The highest BCUT2D eigenvalue weighted by atomic mass is 35.5. The third-order valence-electron chi connectivity index (χ3n) is 3.83. The number of carbonyl (C=O) groups is 1. The van der Waals surface area contributed by atoms with Crippen molar-refractivity contribution in [3.05, 3.63) is 35.0 Å². The van der Waals surface area contributed by atoms with Crippen molar-refractivity contribution in [1.82, 2.24) is 9.47 Å². The van der Waals surface area contributed by atoms with E-state index in [0.717, 1.165) is 43.8 Å². The maximum absolute atomic E-state index is 11.4. The molecule has 1 aromatic heterocycles. The zero-order valence-corrected chi connectivity index (χ0v) is 12.3. The third kappa shape index (κ3) is 3.05. The van der Waals surface area contributed by atoms with Crippen LogP contribution >= 0.6 is 11.6 Å². The van der Waals surface area contributed by atoms with Crippen LogP contribution in [0, 0.1) is 0 Å². The van der Waals surface area contributed by atoms with Crippen LogP contribution < -0.4 is 0 Å². The van der Waals surface area contributed by atoms with E-state index < -0.39 is 5.97 Å². The van der Waals surface area contributed by atoms with Crippen LogP contribution in [0.25, 0.3) is 10.9 Å². The van der Waals surface area contributed by atoms with Crippen molar-refractivity contribution in [2.24, 2.45) is 0 Å². The van der Waals surface area contributed by atoms with Crippen LogP contribution in [-0.2, 0) is 11.3 Å². The average Bonchev–Trinajstić information content (AvgIpc) is 2.84. The number of carboxylic acid groups (broad SMARTS) is 1.